The van der Waals surface area contributed by atoms with Gasteiger partial charge in [0.25, 0.3) is 0 Å². The van der Waals surface area contributed by atoms with Gasteiger partial charge in [-0.2, -0.15) is 0 Å². The van der Waals surface area contributed by atoms with Crippen molar-refractivity contribution in [1.29, 1.82) is 0 Å². The van der Waals surface area contributed by atoms with Crippen LogP contribution < -0.4 is 0 Å². The average molecular weight is 374 g/mol. The molecule has 4 nitrogen and oxygen atoms in total. The number of carbonyl (C=O) groups excluding carboxylic acids is 3. The molecule has 0 spiro atoms. The highest BCUT2D eigenvalue weighted by molar-refractivity contribution is 8.82. The normalized spacial score (nSPS) is 11.6. The first kappa shape index (κ1) is 19.3. The molecule has 0 aliphatic rings. The number of carbonyl (C=O) groups is 3. The molecule has 0 saturated heterocycles. The van der Waals surface area contributed by atoms with Gasteiger partial charge in [0.15, 0.2) is 5.78 Å². The van der Waals surface area contributed by atoms with Gasteiger partial charge in [-0.05, 0) is 10.8 Å². The molecule has 2 aromatic carbocycles. The first-order chi connectivity index (χ1) is 12.1. The second kappa shape index (κ2) is 10.1. The number of methoxy groups -OCH3 is 1. The number of rotatable bonds is 8. The van der Waals surface area contributed by atoms with Crippen molar-refractivity contribution in [2.75, 3.05) is 12.9 Å². The minimum atomic E-state index is -0.584. The zero-order valence-corrected chi connectivity index (χ0v) is 15.3. The molecule has 0 heterocycles. The Morgan fingerprint density at radius 1 is 0.920 bits per heavy atom. The van der Waals surface area contributed by atoms with Gasteiger partial charge >= 0.3 is 5.97 Å². The molecule has 6 heteroatoms. The predicted octanol–water partition coefficient (Wildman–Crippen LogP) is 4.27. The summed E-state index contributed by atoms with van der Waals surface area (Å²) in [6.07, 6.45) is 0.0593. The molecule has 0 aliphatic carbocycles. The van der Waals surface area contributed by atoms with Crippen LogP contribution >= 0.6 is 21.6 Å². The monoisotopic (exact) mass is 374 g/mol. The van der Waals surface area contributed by atoms with Crippen molar-refractivity contribution in [3.8, 4) is 0 Å². The van der Waals surface area contributed by atoms with Crippen LogP contribution in [0, 0.1) is 5.92 Å². The maximum atomic E-state index is 12.3. The largest absolute Gasteiger partial charge is 0.469 e. The van der Waals surface area contributed by atoms with Crippen molar-refractivity contribution in [2.45, 2.75) is 6.42 Å². The fourth-order valence-electron chi connectivity index (χ4n) is 2.13. The highest BCUT2D eigenvalue weighted by Gasteiger charge is 2.24. The highest BCUT2D eigenvalue weighted by atomic mass is 33.1. The van der Waals surface area contributed by atoms with Crippen molar-refractivity contribution in [3.63, 3.8) is 0 Å². The molecule has 0 radical (unpaired) electrons. The molecular weight excluding hydrogens is 356 g/mol. The number of ether oxygens (including phenoxy) is 1. The average Bonchev–Trinajstić information content (AvgIpc) is 2.67. The number of Topliss-reactive ketones (excluding diaryl/α,β-unsaturated/α-hetero) is 1. The van der Waals surface area contributed by atoms with E-state index in [1.807, 2.05) is 12.1 Å². The zero-order chi connectivity index (χ0) is 18.1. The Bertz CT molecular complexity index is 717. The van der Waals surface area contributed by atoms with E-state index in [0.717, 1.165) is 10.8 Å². The van der Waals surface area contributed by atoms with Crippen LogP contribution in [0.3, 0.4) is 0 Å². The van der Waals surface area contributed by atoms with E-state index >= 15 is 0 Å². The van der Waals surface area contributed by atoms with Crippen LogP contribution in [0.4, 0.5) is 0 Å². The third-order valence-corrected chi connectivity index (χ3v) is 5.73. The van der Waals surface area contributed by atoms with E-state index in [1.165, 1.54) is 17.9 Å². The summed E-state index contributed by atoms with van der Waals surface area (Å²) in [5.74, 6) is -0.812. The second-order valence-electron chi connectivity index (χ2n) is 5.23. The van der Waals surface area contributed by atoms with Crippen LogP contribution in [0.15, 0.2) is 60.7 Å². The van der Waals surface area contributed by atoms with Gasteiger partial charge in [-0.15, -0.1) is 0 Å². The Balaban J connectivity index is 1.91. The molecule has 0 amide bonds. The van der Waals surface area contributed by atoms with Gasteiger partial charge in [0.05, 0.1) is 13.0 Å². The molecule has 2 rings (SSSR count). The second-order valence-corrected chi connectivity index (χ2v) is 7.55. The van der Waals surface area contributed by atoms with Crippen molar-refractivity contribution in [2.24, 2.45) is 5.92 Å². The van der Waals surface area contributed by atoms with Crippen molar-refractivity contribution in [1.82, 2.24) is 0 Å². The van der Waals surface area contributed by atoms with E-state index in [4.69, 9.17) is 4.74 Å². The summed E-state index contributed by atoms with van der Waals surface area (Å²) in [6, 6.07) is 17.8. The van der Waals surface area contributed by atoms with Gasteiger partial charge < -0.3 is 4.74 Å². The zero-order valence-electron chi connectivity index (χ0n) is 13.7. The van der Waals surface area contributed by atoms with Crippen LogP contribution in [0.2, 0.25) is 0 Å². The van der Waals surface area contributed by atoms with Crippen molar-refractivity contribution in [3.05, 3.63) is 71.8 Å². The topological polar surface area (TPSA) is 60.4 Å². The van der Waals surface area contributed by atoms with Crippen LogP contribution in [-0.2, 0) is 9.53 Å². The Labute approximate surface area is 154 Å². The fourth-order valence-corrected chi connectivity index (χ4v) is 4.27. The first-order valence-electron chi connectivity index (χ1n) is 7.66. The minimum absolute atomic E-state index is 0.0593. The quantitative estimate of drug-likeness (QED) is 0.391. The van der Waals surface area contributed by atoms with E-state index in [0.29, 0.717) is 16.9 Å². The Morgan fingerprint density at radius 2 is 1.48 bits per heavy atom. The molecule has 0 N–H and O–H groups in total. The molecule has 0 saturated carbocycles. The van der Waals surface area contributed by atoms with Gasteiger partial charge in [0.1, 0.15) is 0 Å². The number of esters is 1. The number of ketones is 1. The highest BCUT2D eigenvalue weighted by Crippen LogP contribution is 2.29. The summed E-state index contributed by atoms with van der Waals surface area (Å²) in [6.45, 7) is 0. The lowest BCUT2D eigenvalue weighted by atomic mass is 10.00. The summed E-state index contributed by atoms with van der Waals surface area (Å²) in [7, 11) is 3.63. The Hall–Kier alpha value is -2.05. The molecule has 0 aliphatic heterocycles. The lowest BCUT2D eigenvalue weighted by molar-refractivity contribution is -0.144. The summed E-state index contributed by atoms with van der Waals surface area (Å²) < 4.78 is 4.79. The van der Waals surface area contributed by atoms with Gasteiger partial charge in [-0.1, -0.05) is 71.5 Å². The van der Waals surface area contributed by atoms with E-state index in [-0.39, 0.29) is 17.3 Å². The first-order valence-corrected chi connectivity index (χ1v) is 9.98. The van der Waals surface area contributed by atoms with Crippen LogP contribution in [0.5, 0.6) is 0 Å². The maximum Gasteiger partial charge on any atom is 0.309 e. The Kier molecular flexibility index (Phi) is 7.76. The van der Waals surface area contributed by atoms with E-state index in [9.17, 15) is 14.4 Å². The SMILES string of the molecule is COC(=O)C(CSSC(=O)c1ccccc1)CC(=O)c1ccccc1. The molecule has 1 unspecified atom stereocenters. The summed E-state index contributed by atoms with van der Waals surface area (Å²) >= 11 is 0. The molecule has 1 atom stereocenters. The smallest absolute Gasteiger partial charge is 0.309 e. The summed E-state index contributed by atoms with van der Waals surface area (Å²) in [5, 5.41) is -0.0800. The summed E-state index contributed by atoms with van der Waals surface area (Å²) in [4.78, 5) is 36.3. The maximum absolute atomic E-state index is 12.3. The lowest BCUT2D eigenvalue weighted by Gasteiger charge is -2.13. The van der Waals surface area contributed by atoms with Crippen LogP contribution in [-0.4, -0.2) is 29.7 Å². The Morgan fingerprint density at radius 3 is 2.04 bits per heavy atom. The van der Waals surface area contributed by atoms with E-state index in [2.05, 4.69) is 0 Å². The molecule has 0 bridgehead atoms. The summed E-state index contributed by atoms with van der Waals surface area (Å²) in [5.41, 5.74) is 1.17. The molecule has 2 aromatic rings. The molecule has 0 aromatic heterocycles. The molecule has 0 fully saturated rings. The fraction of sp³-hybridized carbons (Fsp3) is 0.211. The molecule has 130 valence electrons. The third kappa shape index (κ3) is 6.07. The van der Waals surface area contributed by atoms with E-state index < -0.39 is 11.9 Å². The van der Waals surface area contributed by atoms with E-state index in [1.54, 1.807) is 48.5 Å². The number of hydrogen-bond acceptors (Lipinski definition) is 6. The van der Waals surface area contributed by atoms with Gasteiger partial charge in [0.2, 0.25) is 5.12 Å². The van der Waals surface area contributed by atoms with Crippen LogP contribution in [0.25, 0.3) is 0 Å². The molecule has 25 heavy (non-hydrogen) atoms. The van der Waals surface area contributed by atoms with Crippen molar-refractivity contribution < 1.29 is 19.1 Å². The minimum Gasteiger partial charge on any atom is -0.469 e. The number of hydrogen-bond donors (Lipinski definition) is 0. The van der Waals surface area contributed by atoms with Gasteiger partial charge in [-0.25, -0.2) is 0 Å². The predicted molar refractivity (Wildman–Crippen MR) is 102 cm³/mol. The standard InChI is InChI=1S/C19H18O4S2/c1-23-18(21)16(12-17(20)14-8-4-2-5-9-14)13-24-25-19(22)15-10-6-3-7-11-15/h2-11,16H,12-13H2,1H3. The van der Waals surface area contributed by atoms with Crippen molar-refractivity contribution >= 4 is 38.5 Å². The third-order valence-electron chi connectivity index (χ3n) is 3.48. The van der Waals surface area contributed by atoms with Crippen LogP contribution in [0.1, 0.15) is 27.1 Å². The lowest BCUT2D eigenvalue weighted by Crippen LogP contribution is -2.22. The molecular formula is C19H18O4S2. The van der Waals surface area contributed by atoms with Gasteiger partial charge in [-0.3, -0.25) is 14.4 Å². The number of benzene rings is 2. The van der Waals surface area contributed by atoms with Gasteiger partial charge in [0, 0.05) is 23.3 Å².